The Morgan fingerprint density at radius 1 is 1.62 bits per heavy atom. The Morgan fingerprint density at radius 3 is 3.00 bits per heavy atom. The van der Waals surface area contributed by atoms with Crippen molar-refractivity contribution in [2.45, 2.75) is 6.42 Å². The smallest absolute Gasteiger partial charge is 0.330 e. The third kappa shape index (κ3) is 8.55. The van der Waals surface area contributed by atoms with E-state index in [0.717, 1.165) is 0 Å². The van der Waals surface area contributed by atoms with Crippen LogP contribution in [-0.4, -0.2) is 37.7 Å². The van der Waals surface area contributed by atoms with Gasteiger partial charge in [0.05, 0.1) is 20.3 Å². The standard InChI is InChI=1S/C8H13NO4/c1-12-8(10)4-2-6-13-7-3-5-9-11/h2,4-5,11H,3,6-7H2,1H3/b4-2+,9-5-. The van der Waals surface area contributed by atoms with Crippen molar-refractivity contribution in [2.24, 2.45) is 5.16 Å². The molecule has 0 radical (unpaired) electrons. The van der Waals surface area contributed by atoms with Crippen molar-refractivity contribution in [3.8, 4) is 0 Å². The van der Waals surface area contributed by atoms with Crippen molar-refractivity contribution in [2.75, 3.05) is 20.3 Å². The van der Waals surface area contributed by atoms with Gasteiger partial charge in [-0.3, -0.25) is 0 Å². The molecule has 74 valence electrons. The van der Waals surface area contributed by atoms with Crippen LogP contribution in [0.4, 0.5) is 0 Å². The molecule has 0 unspecified atom stereocenters. The Kier molecular flexibility index (Phi) is 7.82. The van der Waals surface area contributed by atoms with Gasteiger partial charge in [-0.05, 0) is 0 Å². The minimum atomic E-state index is -0.402. The first-order chi connectivity index (χ1) is 6.31. The van der Waals surface area contributed by atoms with Crippen LogP contribution in [0.25, 0.3) is 0 Å². The molecule has 0 aliphatic rings. The van der Waals surface area contributed by atoms with Crippen LogP contribution in [0.15, 0.2) is 17.3 Å². The molecule has 0 aromatic rings. The fourth-order valence-corrected chi connectivity index (χ4v) is 0.558. The van der Waals surface area contributed by atoms with Crippen molar-refractivity contribution in [3.05, 3.63) is 12.2 Å². The second kappa shape index (κ2) is 8.73. The molecule has 0 saturated heterocycles. The summed E-state index contributed by atoms with van der Waals surface area (Å²) >= 11 is 0. The summed E-state index contributed by atoms with van der Waals surface area (Å²) in [4.78, 5) is 10.5. The lowest BCUT2D eigenvalue weighted by atomic mass is 10.5. The van der Waals surface area contributed by atoms with Crippen LogP contribution in [0.3, 0.4) is 0 Å². The van der Waals surface area contributed by atoms with Crippen LogP contribution in [0, 0.1) is 0 Å². The van der Waals surface area contributed by atoms with E-state index in [2.05, 4.69) is 9.89 Å². The molecule has 0 amide bonds. The molecule has 0 aromatic heterocycles. The Hall–Kier alpha value is -1.36. The number of hydrogen-bond acceptors (Lipinski definition) is 5. The van der Waals surface area contributed by atoms with Gasteiger partial charge < -0.3 is 14.7 Å². The molecule has 0 saturated carbocycles. The van der Waals surface area contributed by atoms with Crippen LogP contribution in [-0.2, 0) is 14.3 Å². The van der Waals surface area contributed by atoms with Crippen molar-refractivity contribution >= 4 is 12.2 Å². The Morgan fingerprint density at radius 2 is 2.38 bits per heavy atom. The summed E-state index contributed by atoms with van der Waals surface area (Å²) in [6.45, 7) is 0.796. The number of nitrogens with zero attached hydrogens (tertiary/aromatic N) is 1. The van der Waals surface area contributed by atoms with E-state index in [0.29, 0.717) is 19.6 Å². The van der Waals surface area contributed by atoms with Gasteiger partial charge in [-0.15, -0.1) is 5.16 Å². The van der Waals surface area contributed by atoms with E-state index >= 15 is 0 Å². The van der Waals surface area contributed by atoms with Crippen molar-refractivity contribution < 1.29 is 19.5 Å². The predicted octanol–water partition coefficient (Wildman–Crippen LogP) is 0.582. The van der Waals surface area contributed by atoms with Gasteiger partial charge in [0.1, 0.15) is 0 Å². The molecule has 5 nitrogen and oxygen atoms in total. The SMILES string of the molecule is COC(=O)/C=C/COCC/C=N\O. The molecule has 13 heavy (non-hydrogen) atoms. The fourth-order valence-electron chi connectivity index (χ4n) is 0.558. The van der Waals surface area contributed by atoms with Gasteiger partial charge in [0.2, 0.25) is 0 Å². The van der Waals surface area contributed by atoms with Crippen LogP contribution in [0.1, 0.15) is 6.42 Å². The molecule has 0 aliphatic heterocycles. The lowest BCUT2D eigenvalue weighted by Crippen LogP contribution is -1.97. The maximum absolute atomic E-state index is 10.5. The Balaban J connectivity index is 3.25. The molecule has 0 fully saturated rings. The van der Waals surface area contributed by atoms with Gasteiger partial charge in [0.25, 0.3) is 0 Å². The summed E-state index contributed by atoms with van der Waals surface area (Å²) in [6.07, 6.45) is 4.73. The van der Waals surface area contributed by atoms with Gasteiger partial charge in [0, 0.05) is 18.7 Å². The number of ether oxygens (including phenoxy) is 2. The van der Waals surface area contributed by atoms with E-state index in [-0.39, 0.29) is 0 Å². The average Bonchev–Trinajstić information content (AvgIpc) is 2.16. The highest BCUT2D eigenvalue weighted by atomic mass is 16.5. The summed E-state index contributed by atoms with van der Waals surface area (Å²) < 4.78 is 9.39. The Bertz CT molecular complexity index is 189. The van der Waals surface area contributed by atoms with Crippen molar-refractivity contribution in [3.63, 3.8) is 0 Å². The number of oxime groups is 1. The molecule has 0 bridgehead atoms. The van der Waals surface area contributed by atoms with Crippen molar-refractivity contribution in [1.29, 1.82) is 0 Å². The quantitative estimate of drug-likeness (QED) is 0.165. The normalized spacial score (nSPS) is 11.2. The van der Waals surface area contributed by atoms with E-state index in [1.54, 1.807) is 6.08 Å². The maximum Gasteiger partial charge on any atom is 0.330 e. The van der Waals surface area contributed by atoms with E-state index in [4.69, 9.17) is 9.94 Å². The molecule has 5 heteroatoms. The van der Waals surface area contributed by atoms with E-state index in [1.807, 2.05) is 0 Å². The number of esters is 1. The summed E-state index contributed by atoms with van der Waals surface area (Å²) in [5, 5.41) is 10.8. The highest BCUT2D eigenvalue weighted by molar-refractivity contribution is 5.81. The topological polar surface area (TPSA) is 68.1 Å². The lowest BCUT2D eigenvalue weighted by Gasteiger charge is -1.95. The number of carbonyl (C=O) groups excluding carboxylic acids is 1. The van der Waals surface area contributed by atoms with Crippen LogP contribution >= 0.6 is 0 Å². The molecule has 0 heterocycles. The first-order valence-corrected chi connectivity index (χ1v) is 3.79. The molecule has 0 aromatic carbocycles. The third-order valence-electron chi connectivity index (χ3n) is 1.14. The summed E-state index contributed by atoms with van der Waals surface area (Å²) in [5.41, 5.74) is 0. The second-order valence-electron chi connectivity index (χ2n) is 2.09. The lowest BCUT2D eigenvalue weighted by molar-refractivity contribution is -0.134. The first-order valence-electron chi connectivity index (χ1n) is 3.79. The first kappa shape index (κ1) is 11.6. The minimum absolute atomic E-state index is 0.342. The number of rotatable bonds is 6. The minimum Gasteiger partial charge on any atom is -0.466 e. The predicted molar refractivity (Wildman–Crippen MR) is 46.9 cm³/mol. The highest BCUT2D eigenvalue weighted by Crippen LogP contribution is 1.83. The zero-order chi connectivity index (χ0) is 9.94. The van der Waals surface area contributed by atoms with E-state index < -0.39 is 5.97 Å². The average molecular weight is 187 g/mol. The van der Waals surface area contributed by atoms with Gasteiger partial charge in [0.15, 0.2) is 0 Å². The molecular formula is C8H13NO4. The number of hydrogen-bond donors (Lipinski definition) is 1. The zero-order valence-corrected chi connectivity index (χ0v) is 7.47. The van der Waals surface area contributed by atoms with Crippen LogP contribution in [0.2, 0.25) is 0 Å². The molecule has 0 spiro atoms. The van der Waals surface area contributed by atoms with Crippen LogP contribution < -0.4 is 0 Å². The second-order valence-corrected chi connectivity index (χ2v) is 2.09. The van der Waals surface area contributed by atoms with Crippen molar-refractivity contribution in [1.82, 2.24) is 0 Å². The number of carbonyl (C=O) groups is 1. The molecule has 1 N–H and O–H groups in total. The van der Waals surface area contributed by atoms with Gasteiger partial charge >= 0.3 is 5.97 Å². The summed E-state index contributed by atoms with van der Waals surface area (Å²) in [6, 6.07) is 0. The van der Waals surface area contributed by atoms with Gasteiger partial charge in [-0.1, -0.05) is 6.08 Å². The molecular weight excluding hydrogens is 174 g/mol. The van der Waals surface area contributed by atoms with Gasteiger partial charge in [-0.25, -0.2) is 4.79 Å². The van der Waals surface area contributed by atoms with E-state index in [1.165, 1.54) is 19.4 Å². The largest absolute Gasteiger partial charge is 0.466 e. The highest BCUT2D eigenvalue weighted by Gasteiger charge is 1.89. The summed E-state index contributed by atoms with van der Waals surface area (Å²) in [7, 11) is 1.31. The van der Waals surface area contributed by atoms with Crippen LogP contribution in [0.5, 0.6) is 0 Å². The zero-order valence-electron chi connectivity index (χ0n) is 7.47. The fraction of sp³-hybridized carbons (Fsp3) is 0.500. The Labute approximate surface area is 76.6 Å². The third-order valence-corrected chi connectivity index (χ3v) is 1.14. The molecule has 0 aliphatic carbocycles. The van der Waals surface area contributed by atoms with E-state index in [9.17, 15) is 4.79 Å². The maximum atomic E-state index is 10.5. The monoisotopic (exact) mass is 187 g/mol. The molecule has 0 atom stereocenters. The molecule has 0 rings (SSSR count). The van der Waals surface area contributed by atoms with Gasteiger partial charge in [-0.2, -0.15) is 0 Å². The summed E-state index contributed by atoms with van der Waals surface area (Å²) in [5.74, 6) is -0.402. The number of methoxy groups -OCH3 is 1.